The molecular formula is C20H18ClN3O3. The Morgan fingerprint density at radius 2 is 1.78 bits per heavy atom. The second-order valence-corrected chi connectivity index (χ2v) is 6.35. The normalized spacial score (nSPS) is 10.5. The molecule has 0 fully saturated rings. The lowest BCUT2D eigenvalue weighted by atomic mass is 10.1. The van der Waals surface area contributed by atoms with Crippen molar-refractivity contribution in [2.75, 3.05) is 12.4 Å². The zero-order valence-electron chi connectivity index (χ0n) is 14.9. The molecule has 138 valence electrons. The lowest BCUT2D eigenvalue weighted by molar-refractivity contribution is 0.0600. The Hall–Kier alpha value is -3.12. The van der Waals surface area contributed by atoms with E-state index in [2.05, 4.69) is 15.2 Å². The number of anilines is 1. The summed E-state index contributed by atoms with van der Waals surface area (Å²) in [5, 5.41) is 7.86. The minimum atomic E-state index is -0.448. The summed E-state index contributed by atoms with van der Waals surface area (Å²) in [5.74, 6) is -0.314. The molecule has 3 aromatic rings. The molecule has 0 saturated heterocycles. The molecule has 0 aliphatic carbocycles. The van der Waals surface area contributed by atoms with Crippen LogP contribution in [0.4, 0.5) is 5.82 Å². The van der Waals surface area contributed by atoms with Gasteiger partial charge in [0.2, 0.25) is 0 Å². The zero-order valence-corrected chi connectivity index (χ0v) is 15.7. The van der Waals surface area contributed by atoms with Gasteiger partial charge in [-0.25, -0.2) is 4.79 Å². The molecule has 2 aromatic carbocycles. The van der Waals surface area contributed by atoms with Gasteiger partial charge in [0.25, 0.3) is 5.91 Å². The maximum atomic E-state index is 12.4. The minimum absolute atomic E-state index is 0.311. The predicted molar refractivity (Wildman–Crippen MR) is 103 cm³/mol. The molecule has 1 heterocycles. The summed E-state index contributed by atoms with van der Waals surface area (Å²) in [6.45, 7) is 2.42. The van der Waals surface area contributed by atoms with E-state index in [0.29, 0.717) is 28.5 Å². The Morgan fingerprint density at radius 1 is 1.11 bits per heavy atom. The van der Waals surface area contributed by atoms with E-state index in [0.717, 1.165) is 11.3 Å². The number of rotatable bonds is 5. The Labute approximate surface area is 161 Å². The fraction of sp³-hybridized carbons (Fsp3) is 0.150. The van der Waals surface area contributed by atoms with E-state index >= 15 is 0 Å². The van der Waals surface area contributed by atoms with E-state index in [1.165, 1.54) is 7.11 Å². The van der Waals surface area contributed by atoms with Crippen LogP contribution >= 0.6 is 11.6 Å². The van der Waals surface area contributed by atoms with Crippen molar-refractivity contribution in [2.24, 2.45) is 0 Å². The van der Waals surface area contributed by atoms with Crippen LogP contribution in [-0.2, 0) is 11.3 Å². The number of nitrogens with zero attached hydrogens (tertiary/aromatic N) is 2. The molecule has 0 unspecified atom stereocenters. The van der Waals surface area contributed by atoms with E-state index in [1.807, 2.05) is 31.2 Å². The van der Waals surface area contributed by atoms with E-state index in [4.69, 9.17) is 11.6 Å². The molecule has 0 saturated carbocycles. The highest BCUT2D eigenvalue weighted by atomic mass is 35.5. The third-order valence-electron chi connectivity index (χ3n) is 4.07. The summed E-state index contributed by atoms with van der Waals surface area (Å²) in [6.07, 6.45) is 0. The number of aryl methyl sites for hydroxylation is 1. The highest BCUT2D eigenvalue weighted by Crippen LogP contribution is 2.18. The summed E-state index contributed by atoms with van der Waals surface area (Å²) in [7, 11) is 1.31. The average molecular weight is 384 g/mol. The number of carbonyl (C=O) groups excluding carboxylic acids is 2. The van der Waals surface area contributed by atoms with Gasteiger partial charge in [0, 0.05) is 22.3 Å². The van der Waals surface area contributed by atoms with Gasteiger partial charge in [-0.3, -0.25) is 9.48 Å². The fourth-order valence-electron chi connectivity index (χ4n) is 2.58. The second-order valence-electron chi connectivity index (χ2n) is 5.94. The number of methoxy groups -OCH3 is 1. The first-order valence-electron chi connectivity index (χ1n) is 8.25. The van der Waals surface area contributed by atoms with Crippen molar-refractivity contribution in [1.82, 2.24) is 9.78 Å². The summed E-state index contributed by atoms with van der Waals surface area (Å²) in [5.41, 5.74) is 2.64. The van der Waals surface area contributed by atoms with Crippen LogP contribution in [0.15, 0.2) is 54.6 Å². The van der Waals surface area contributed by atoms with Gasteiger partial charge in [0.1, 0.15) is 0 Å². The minimum Gasteiger partial charge on any atom is -0.465 e. The monoisotopic (exact) mass is 383 g/mol. The van der Waals surface area contributed by atoms with Crippen LogP contribution in [-0.4, -0.2) is 28.8 Å². The molecule has 3 rings (SSSR count). The van der Waals surface area contributed by atoms with Crippen LogP contribution in [0.25, 0.3) is 0 Å². The van der Waals surface area contributed by atoms with Crippen molar-refractivity contribution in [1.29, 1.82) is 0 Å². The van der Waals surface area contributed by atoms with Crippen LogP contribution < -0.4 is 5.32 Å². The standard InChI is InChI=1S/C20H18ClN3O3/c1-13-11-18(23-24(13)12-16-5-3-4-6-17(16)21)22-19(25)14-7-9-15(10-8-14)20(26)27-2/h3-11H,12H2,1-2H3,(H,22,23,25). The zero-order chi connectivity index (χ0) is 19.4. The van der Waals surface area contributed by atoms with Crippen LogP contribution in [0.5, 0.6) is 0 Å². The van der Waals surface area contributed by atoms with E-state index in [-0.39, 0.29) is 5.91 Å². The first-order chi connectivity index (χ1) is 13.0. The molecular weight excluding hydrogens is 366 g/mol. The smallest absolute Gasteiger partial charge is 0.337 e. The SMILES string of the molecule is COC(=O)c1ccc(C(=O)Nc2cc(C)n(Cc3ccccc3Cl)n2)cc1. The summed E-state index contributed by atoms with van der Waals surface area (Å²) in [4.78, 5) is 23.9. The predicted octanol–water partition coefficient (Wildman–Crippen LogP) is 3.93. The van der Waals surface area contributed by atoms with Crippen molar-refractivity contribution >= 4 is 29.3 Å². The lowest BCUT2D eigenvalue weighted by Crippen LogP contribution is -2.13. The van der Waals surface area contributed by atoms with Crippen molar-refractivity contribution in [3.8, 4) is 0 Å². The highest BCUT2D eigenvalue weighted by molar-refractivity contribution is 6.31. The molecule has 0 spiro atoms. The molecule has 1 amide bonds. The van der Waals surface area contributed by atoms with Gasteiger partial charge in [0.05, 0.1) is 19.2 Å². The Balaban J connectivity index is 1.72. The van der Waals surface area contributed by atoms with Gasteiger partial charge in [-0.05, 0) is 42.8 Å². The summed E-state index contributed by atoms with van der Waals surface area (Å²) < 4.78 is 6.42. The molecule has 0 bridgehead atoms. The number of benzene rings is 2. The molecule has 7 heteroatoms. The van der Waals surface area contributed by atoms with E-state index in [1.54, 1.807) is 35.0 Å². The number of aromatic nitrogens is 2. The van der Waals surface area contributed by atoms with Gasteiger partial charge >= 0.3 is 5.97 Å². The Morgan fingerprint density at radius 3 is 2.44 bits per heavy atom. The van der Waals surface area contributed by atoms with Crippen LogP contribution in [0.3, 0.4) is 0 Å². The molecule has 1 N–H and O–H groups in total. The fourth-order valence-corrected chi connectivity index (χ4v) is 2.78. The number of halogens is 1. The first kappa shape index (κ1) is 18.7. The van der Waals surface area contributed by atoms with E-state index in [9.17, 15) is 9.59 Å². The first-order valence-corrected chi connectivity index (χ1v) is 8.63. The lowest BCUT2D eigenvalue weighted by Gasteiger charge is -2.06. The molecule has 0 radical (unpaired) electrons. The highest BCUT2D eigenvalue weighted by Gasteiger charge is 2.12. The number of carbonyl (C=O) groups is 2. The third kappa shape index (κ3) is 4.35. The summed E-state index contributed by atoms with van der Waals surface area (Å²) in [6, 6.07) is 15.6. The average Bonchev–Trinajstić information content (AvgIpc) is 3.02. The van der Waals surface area contributed by atoms with Crippen molar-refractivity contribution in [3.63, 3.8) is 0 Å². The summed E-state index contributed by atoms with van der Waals surface area (Å²) >= 11 is 6.20. The second kappa shape index (κ2) is 8.05. The number of hydrogen-bond acceptors (Lipinski definition) is 4. The number of ether oxygens (including phenoxy) is 1. The third-order valence-corrected chi connectivity index (χ3v) is 4.44. The Kier molecular flexibility index (Phi) is 5.57. The van der Waals surface area contributed by atoms with Crippen molar-refractivity contribution < 1.29 is 14.3 Å². The molecule has 6 nitrogen and oxygen atoms in total. The molecule has 0 aliphatic heterocycles. The quantitative estimate of drug-likeness (QED) is 0.677. The van der Waals surface area contributed by atoms with Crippen molar-refractivity contribution in [3.05, 3.63) is 82.0 Å². The largest absolute Gasteiger partial charge is 0.465 e. The Bertz CT molecular complexity index is 980. The molecule has 27 heavy (non-hydrogen) atoms. The molecule has 0 atom stereocenters. The van der Waals surface area contributed by atoms with Gasteiger partial charge in [0.15, 0.2) is 5.82 Å². The van der Waals surface area contributed by atoms with E-state index < -0.39 is 5.97 Å². The van der Waals surface area contributed by atoms with Gasteiger partial charge in [-0.2, -0.15) is 5.10 Å². The van der Waals surface area contributed by atoms with Crippen LogP contribution in [0, 0.1) is 6.92 Å². The van der Waals surface area contributed by atoms with Crippen molar-refractivity contribution in [2.45, 2.75) is 13.5 Å². The topological polar surface area (TPSA) is 73.2 Å². The van der Waals surface area contributed by atoms with Crippen LogP contribution in [0.1, 0.15) is 32.0 Å². The molecule has 0 aliphatic rings. The molecule has 1 aromatic heterocycles. The maximum Gasteiger partial charge on any atom is 0.337 e. The number of amides is 1. The van der Waals surface area contributed by atoms with Gasteiger partial charge in [-0.15, -0.1) is 0 Å². The maximum absolute atomic E-state index is 12.4. The number of hydrogen-bond donors (Lipinski definition) is 1. The van der Waals surface area contributed by atoms with Gasteiger partial charge in [-0.1, -0.05) is 29.8 Å². The number of nitrogens with one attached hydrogen (secondary N) is 1. The number of esters is 1. The van der Waals surface area contributed by atoms with Crippen LogP contribution in [0.2, 0.25) is 5.02 Å². The van der Waals surface area contributed by atoms with Gasteiger partial charge < -0.3 is 10.1 Å².